The molecule has 0 aromatic heterocycles. The van der Waals surface area contributed by atoms with E-state index >= 15 is 0 Å². The van der Waals surface area contributed by atoms with E-state index in [1.54, 1.807) is 79.7 Å². The van der Waals surface area contributed by atoms with Gasteiger partial charge in [-0.15, -0.1) is 0 Å². The number of methoxy groups -OCH3 is 1. The van der Waals surface area contributed by atoms with Gasteiger partial charge in [0.15, 0.2) is 0 Å². The molecule has 0 aliphatic carbocycles. The minimum Gasteiger partial charge on any atom is -0.481 e. The Morgan fingerprint density at radius 1 is 0.776 bits per heavy atom. The third-order valence-electron chi connectivity index (χ3n) is 8.19. The van der Waals surface area contributed by atoms with Crippen LogP contribution in [0.4, 0.5) is 0 Å². The van der Waals surface area contributed by atoms with Crippen molar-refractivity contribution in [3.63, 3.8) is 0 Å². The van der Waals surface area contributed by atoms with Crippen molar-refractivity contribution in [3.05, 3.63) is 35.9 Å². The number of aliphatic hydroxyl groups is 1. The summed E-state index contributed by atoms with van der Waals surface area (Å²) in [5.41, 5.74) is -4.52. The lowest BCUT2D eigenvalue weighted by atomic mass is 9.63. The molecule has 5 atom stereocenters. The van der Waals surface area contributed by atoms with Gasteiger partial charge in [0.1, 0.15) is 25.4 Å². The minimum atomic E-state index is -1.60. The number of carboxylic acid groups (broad SMARTS) is 1. The highest BCUT2D eigenvalue weighted by Gasteiger charge is 2.52. The highest BCUT2D eigenvalue weighted by molar-refractivity contribution is 5.83. The average molecular weight is 695 g/mol. The van der Waals surface area contributed by atoms with Crippen LogP contribution in [0.5, 0.6) is 0 Å². The maximum absolute atomic E-state index is 14.2. The number of aliphatic hydroxyl groups excluding tert-OH is 1. The molecule has 1 rings (SSSR count). The molecule has 0 aliphatic heterocycles. The van der Waals surface area contributed by atoms with E-state index in [9.17, 15) is 34.2 Å². The van der Waals surface area contributed by atoms with E-state index in [4.69, 9.17) is 23.7 Å². The van der Waals surface area contributed by atoms with Crippen molar-refractivity contribution in [2.45, 2.75) is 113 Å². The van der Waals surface area contributed by atoms with Crippen LogP contribution in [0.25, 0.3) is 0 Å². The fourth-order valence-corrected chi connectivity index (χ4v) is 5.96. The number of carboxylic acids is 1. The van der Waals surface area contributed by atoms with Gasteiger partial charge in [0.05, 0.1) is 40.8 Å². The van der Waals surface area contributed by atoms with Crippen LogP contribution in [-0.4, -0.2) is 78.7 Å². The molecule has 0 amide bonds. The van der Waals surface area contributed by atoms with Crippen LogP contribution in [0.15, 0.2) is 30.3 Å². The molecule has 278 valence electrons. The number of hydrogen-bond donors (Lipinski definition) is 2. The Kier molecular flexibility index (Phi) is 16.9. The zero-order chi connectivity index (χ0) is 37.6. The number of carbonyl (C=O) groups is 5. The van der Waals surface area contributed by atoms with E-state index in [1.165, 1.54) is 14.0 Å². The highest BCUT2D eigenvalue weighted by Crippen LogP contribution is 2.48. The van der Waals surface area contributed by atoms with E-state index in [0.717, 1.165) is 0 Å². The molecule has 1 aromatic carbocycles. The Balaban J connectivity index is 3.77. The van der Waals surface area contributed by atoms with E-state index in [-0.39, 0.29) is 58.5 Å². The van der Waals surface area contributed by atoms with Crippen molar-refractivity contribution in [3.8, 4) is 0 Å². The zero-order valence-corrected chi connectivity index (χ0v) is 31.0. The van der Waals surface area contributed by atoms with Crippen molar-refractivity contribution in [1.29, 1.82) is 0 Å². The molecule has 0 fully saturated rings. The molecule has 0 saturated carbocycles. The molecule has 12 nitrogen and oxygen atoms in total. The summed E-state index contributed by atoms with van der Waals surface area (Å²) in [6.07, 6.45) is -1.52. The standard InChI is InChI=1S/C37H58O12/c1-11-27(29(39)40)19-28(30(41)46-18-17-45-10)20-36(8,32(43)48-22-26-15-13-12-14-16-26)24-37(9,33(44)47-21-25(2)38)23-35(6,7)31(42)49-34(3,4)5/h12-16,25,27-28,38H,11,17-24H2,1-10H3,(H,39,40). The second-order valence-corrected chi connectivity index (χ2v) is 15.1. The van der Waals surface area contributed by atoms with Gasteiger partial charge in [-0.2, -0.15) is 0 Å². The predicted molar refractivity (Wildman–Crippen MR) is 181 cm³/mol. The summed E-state index contributed by atoms with van der Waals surface area (Å²) in [6, 6.07) is 8.96. The summed E-state index contributed by atoms with van der Waals surface area (Å²) in [6.45, 7) is 14.3. The topological polar surface area (TPSA) is 172 Å². The Bertz CT molecular complexity index is 1240. The molecule has 0 aliphatic rings. The van der Waals surface area contributed by atoms with Crippen molar-refractivity contribution < 1.29 is 57.9 Å². The van der Waals surface area contributed by atoms with Gasteiger partial charge in [-0.25, -0.2) is 0 Å². The smallest absolute Gasteiger partial charge is 0.312 e. The number of hydrogen-bond acceptors (Lipinski definition) is 11. The number of esters is 4. The number of benzene rings is 1. The van der Waals surface area contributed by atoms with Crippen LogP contribution in [0.2, 0.25) is 0 Å². The highest BCUT2D eigenvalue weighted by atomic mass is 16.6. The average Bonchev–Trinajstić information content (AvgIpc) is 2.99. The maximum atomic E-state index is 14.2. The summed E-state index contributed by atoms with van der Waals surface area (Å²) >= 11 is 0. The molecule has 0 saturated heterocycles. The first-order valence-electron chi connectivity index (χ1n) is 16.8. The molecule has 12 heteroatoms. The minimum absolute atomic E-state index is 0.0850. The van der Waals surface area contributed by atoms with Crippen LogP contribution in [-0.2, 0) is 54.3 Å². The molecule has 2 N–H and O–H groups in total. The van der Waals surface area contributed by atoms with E-state index in [0.29, 0.717) is 5.56 Å². The number of aliphatic carboxylic acids is 1. The van der Waals surface area contributed by atoms with Crippen molar-refractivity contribution >= 4 is 29.8 Å². The third-order valence-corrected chi connectivity index (χ3v) is 8.19. The van der Waals surface area contributed by atoms with Gasteiger partial charge < -0.3 is 33.9 Å². The Hall–Kier alpha value is -3.51. The number of rotatable bonds is 21. The van der Waals surface area contributed by atoms with Gasteiger partial charge in [0.2, 0.25) is 0 Å². The SMILES string of the molecule is CCC(CC(CC(C)(CC(C)(CC(C)(C)C(=O)OC(C)(C)C)C(=O)OCC(C)O)C(=O)OCc1ccccc1)C(=O)OCCOC)C(=O)O. The summed E-state index contributed by atoms with van der Waals surface area (Å²) < 4.78 is 27.4. The predicted octanol–water partition coefficient (Wildman–Crippen LogP) is 5.51. The lowest BCUT2D eigenvalue weighted by Crippen LogP contribution is -2.46. The van der Waals surface area contributed by atoms with Gasteiger partial charge >= 0.3 is 29.8 Å². The van der Waals surface area contributed by atoms with Crippen molar-refractivity contribution in [2.24, 2.45) is 28.1 Å². The lowest BCUT2D eigenvalue weighted by molar-refractivity contribution is -0.175. The van der Waals surface area contributed by atoms with Gasteiger partial charge in [0, 0.05) is 7.11 Å². The second-order valence-electron chi connectivity index (χ2n) is 15.1. The zero-order valence-electron chi connectivity index (χ0n) is 31.0. The van der Waals surface area contributed by atoms with Gasteiger partial charge in [-0.05, 0) is 93.1 Å². The molecule has 0 radical (unpaired) electrons. The molecule has 0 heterocycles. The van der Waals surface area contributed by atoms with Crippen LogP contribution < -0.4 is 0 Å². The van der Waals surface area contributed by atoms with Crippen LogP contribution in [0, 0.1) is 28.1 Å². The maximum Gasteiger partial charge on any atom is 0.312 e. The van der Waals surface area contributed by atoms with Gasteiger partial charge in [0.25, 0.3) is 0 Å². The lowest BCUT2D eigenvalue weighted by Gasteiger charge is -2.41. The largest absolute Gasteiger partial charge is 0.481 e. The van der Waals surface area contributed by atoms with Crippen LogP contribution in [0.1, 0.15) is 100.0 Å². The fraction of sp³-hybridized carbons (Fsp3) is 0.703. The van der Waals surface area contributed by atoms with Crippen molar-refractivity contribution in [1.82, 2.24) is 0 Å². The monoisotopic (exact) mass is 694 g/mol. The summed E-state index contributed by atoms with van der Waals surface area (Å²) in [5.74, 6) is -5.90. The number of ether oxygens (including phenoxy) is 5. The molecular formula is C37H58O12. The Morgan fingerprint density at radius 3 is 1.88 bits per heavy atom. The molecular weight excluding hydrogens is 636 g/mol. The first kappa shape index (κ1) is 43.5. The quantitative estimate of drug-likeness (QED) is 0.0940. The normalized spacial score (nSPS) is 16.2. The Labute approximate surface area is 291 Å². The summed E-state index contributed by atoms with van der Waals surface area (Å²) in [5, 5.41) is 19.8. The van der Waals surface area contributed by atoms with Crippen LogP contribution >= 0.6 is 0 Å². The molecule has 5 unspecified atom stereocenters. The van der Waals surface area contributed by atoms with E-state index in [2.05, 4.69) is 0 Å². The summed E-state index contributed by atoms with van der Waals surface area (Å²) in [4.78, 5) is 67.1. The summed E-state index contributed by atoms with van der Waals surface area (Å²) in [7, 11) is 1.44. The van der Waals surface area contributed by atoms with Gasteiger partial charge in [-0.1, -0.05) is 37.3 Å². The third kappa shape index (κ3) is 14.9. The van der Waals surface area contributed by atoms with E-state index < -0.39 is 69.6 Å². The van der Waals surface area contributed by atoms with Crippen molar-refractivity contribution in [2.75, 3.05) is 26.9 Å². The van der Waals surface area contributed by atoms with Gasteiger partial charge in [-0.3, -0.25) is 24.0 Å². The molecule has 0 bridgehead atoms. The Morgan fingerprint density at radius 2 is 1.37 bits per heavy atom. The van der Waals surface area contributed by atoms with E-state index in [1.807, 2.05) is 6.07 Å². The molecule has 1 aromatic rings. The fourth-order valence-electron chi connectivity index (χ4n) is 5.96. The molecule has 0 spiro atoms. The molecule has 49 heavy (non-hydrogen) atoms. The second kappa shape index (κ2) is 19.0. The first-order valence-corrected chi connectivity index (χ1v) is 16.8. The van der Waals surface area contributed by atoms with Crippen LogP contribution in [0.3, 0.4) is 0 Å². The number of carbonyl (C=O) groups excluding carboxylic acids is 4. The first-order chi connectivity index (χ1) is 22.6.